The van der Waals surface area contributed by atoms with Crippen LogP contribution in [0.1, 0.15) is 17.3 Å². The van der Waals surface area contributed by atoms with Gasteiger partial charge in [0, 0.05) is 31.7 Å². The van der Waals surface area contributed by atoms with Crippen molar-refractivity contribution in [2.45, 2.75) is 19.6 Å². The molecule has 2 rings (SSSR count). The monoisotopic (exact) mass is 324 g/mol. The Hall–Kier alpha value is -1.47. The average Bonchev–Trinajstić information content (AvgIpc) is 2.37. The number of hydrogen-bond donors (Lipinski definition) is 1. The first kappa shape index (κ1) is 17.6. The standard InChI is InChI=1S/C13H15F3N2O2.ClH/c1-8-7-18(5-4-17-8)12(19)10-3-2-9(14)6-11(10)20-13(15)16;/h2-3,6,8,13,17H,4-5,7H2,1H3;1H. The molecule has 118 valence electrons. The van der Waals surface area contributed by atoms with Gasteiger partial charge in [0.25, 0.3) is 5.91 Å². The maximum Gasteiger partial charge on any atom is 0.387 e. The molecule has 0 spiro atoms. The van der Waals surface area contributed by atoms with E-state index in [4.69, 9.17) is 0 Å². The van der Waals surface area contributed by atoms with Crippen molar-refractivity contribution in [2.75, 3.05) is 19.6 Å². The van der Waals surface area contributed by atoms with Crippen molar-refractivity contribution in [3.05, 3.63) is 29.6 Å². The molecule has 0 saturated carbocycles. The largest absolute Gasteiger partial charge is 0.434 e. The number of hydrogen-bond acceptors (Lipinski definition) is 3. The number of carbonyl (C=O) groups is 1. The van der Waals surface area contributed by atoms with Crippen molar-refractivity contribution >= 4 is 18.3 Å². The molecule has 1 N–H and O–H groups in total. The molecule has 1 heterocycles. The van der Waals surface area contributed by atoms with E-state index < -0.39 is 24.1 Å². The van der Waals surface area contributed by atoms with Gasteiger partial charge in [0.05, 0.1) is 5.56 Å². The summed E-state index contributed by atoms with van der Waals surface area (Å²) in [5, 5.41) is 3.17. The zero-order chi connectivity index (χ0) is 14.7. The molecule has 1 saturated heterocycles. The normalized spacial score (nSPS) is 18.3. The van der Waals surface area contributed by atoms with Gasteiger partial charge < -0.3 is 15.0 Å². The van der Waals surface area contributed by atoms with Gasteiger partial charge in [0.15, 0.2) is 0 Å². The zero-order valence-corrected chi connectivity index (χ0v) is 12.1. The molecule has 8 heteroatoms. The fourth-order valence-corrected chi connectivity index (χ4v) is 2.15. The summed E-state index contributed by atoms with van der Waals surface area (Å²) in [6, 6.07) is 3.14. The van der Waals surface area contributed by atoms with Crippen LogP contribution in [0.25, 0.3) is 0 Å². The van der Waals surface area contributed by atoms with Gasteiger partial charge in [-0.2, -0.15) is 8.78 Å². The number of halogens is 4. The Morgan fingerprint density at radius 1 is 1.48 bits per heavy atom. The van der Waals surface area contributed by atoms with Crippen molar-refractivity contribution in [3.8, 4) is 5.75 Å². The minimum Gasteiger partial charge on any atom is -0.434 e. The summed E-state index contributed by atoms with van der Waals surface area (Å²) in [5.74, 6) is -1.60. The molecule has 1 unspecified atom stereocenters. The van der Waals surface area contributed by atoms with Crippen LogP contribution < -0.4 is 10.1 Å². The molecule has 4 nitrogen and oxygen atoms in total. The minimum absolute atomic E-state index is 0. The van der Waals surface area contributed by atoms with Crippen LogP contribution in [0.2, 0.25) is 0 Å². The van der Waals surface area contributed by atoms with Crippen LogP contribution in [0.15, 0.2) is 18.2 Å². The van der Waals surface area contributed by atoms with Crippen molar-refractivity contribution in [1.82, 2.24) is 10.2 Å². The lowest BCUT2D eigenvalue weighted by Gasteiger charge is -2.32. The fraction of sp³-hybridized carbons (Fsp3) is 0.462. The average molecular weight is 325 g/mol. The lowest BCUT2D eigenvalue weighted by atomic mass is 10.1. The summed E-state index contributed by atoms with van der Waals surface area (Å²) in [4.78, 5) is 13.8. The second-order valence-electron chi connectivity index (χ2n) is 4.63. The summed E-state index contributed by atoms with van der Waals surface area (Å²) in [6.45, 7) is 0.365. The first-order valence-electron chi connectivity index (χ1n) is 6.24. The molecule has 1 fully saturated rings. The van der Waals surface area contributed by atoms with Gasteiger partial charge in [-0.25, -0.2) is 4.39 Å². The lowest BCUT2D eigenvalue weighted by molar-refractivity contribution is -0.0504. The molecule has 21 heavy (non-hydrogen) atoms. The SMILES string of the molecule is CC1CN(C(=O)c2ccc(F)cc2OC(F)F)CCN1.Cl. The van der Waals surface area contributed by atoms with Gasteiger partial charge in [-0.05, 0) is 19.1 Å². The van der Waals surface area contributed by atoms with E-state index in [9.17, 15) is 18.0 Å². The van der Waals surface area contributed by atoms with E-state index in [1.807, 2.05) is 6.92 Å². The highest BCUT2D eigenvalue weighted by Crippen LogP contribution is 2.24. The van der Waals surface area contributed by atoms with Crippen molar-refractivity contribution in [2.24, 2.45) is 0 Å². The number of nitrogens with zero attached hydrogens (tertiary/aromatic N) is 1. The Morgan fingerprint density at radius 2 is 2.19 bits per heavy atom. The molecule has 1 aromatic carbocycles. The predicted octanol–water partition coefficient (Wildman–Crippen LogP) is 2.28. The third kappa shape index (κ3) is 4.50. The second kappa shape index (κ2) is 7.51. The van der Waals surface area contributed by atoms with Crippen LogP contribution in [0.5, 0.6) is 5.75 Å². The molecular weight excluding hydrogens is 309 g/mol. The zero-order valence-electron chi connectivity index (χ0n) is 11.3. The van der Waals surface area contributed by atoms with E-state index in [0.29, 0.717) is 19.6 Å². The van der Waals surface area contributed by atoms with E-state index in [2.05, 4.69) is 10.1 Å². The summed E-state index contributed by atoms with van der Waals surface area (Å²) in [6.07, 6.45) is 0. The molecule has 0 aliphatic carbocycles. The van der Waals surface area contributed by atoms with Crippen LogP contribution in [-0.4, -0.2) is 43.1 Å². The van der Waals surface area contributed by atoms with E-state index in [1.165, 1.54) is 11.0 Å². The van der Waals surface area contributed by atoms with E-state index in [0.717, 1.165) is 12.1 Å². The summed E-state index contributed by atoms with van der Waals surface area (Å²) in [7, 11) is 0. The highest BCUT2D eigenvalue weighted by atomic mass is 35.5. The van der Waals surface area contributed by atoms with Gasteiger partial charge >= 0.3 is 6.61 Å². The number of rotatable bonds is 3. The number of carbonyl (C=O) groups excluding carboxylic acids is 1. The summed E-state index contributed by atoms with van der Waals surface area (Å²) < 4.78 is 42.0. The molecule has 0 bridgehead atoms. The van der Waals surface area contributed by atoms with Gasteiger partial charge in [-0.15, -0.1) is 12.4 Å². The number of amides is 1. The van der Waals surface area contributed by atoms with Crippen LogP contribution in [0.3, 0.4) is 0 Å². The van der Waals surface area contributed by atoms with Gasteiger partial charge in [-0.3, -0.25) is 4.79 Å². The van der Waals surface area contributed by atoms with Gasteiger partial charge in [0.2, 0.25) is 0 Å². The second-order valence-corrected chi connectivity index (χ2v) is 4.63. The van der Waals surface area contributed by atoms with E-state index >= 15 is 0 Å². The first-order valence-corrected chi connectivity index (χ1v) is 6.24. The molecule has 1 aliphatic heterocycles. The third-order valence-corrected chi connectivity index (χ3v) is 3.05. The number of alkyl halides is 2. The highest BCUT2D eigenvalue weighted by Gasteiger charge is 2.25. The Labute approximate surface area is 126 Å². The Balaban J connectivity index is 0.00000220. The molecule has 0 aromatic heterocycles. The van der Waals surface area contributed by atoms with E-state index in [1.54, 1.807) is 0 Å². The number of benzene rings is 1. The van der Waals surface area contributed by atoms with Crippen molar-refractivity contribution < 1.29 is 22.7 Å². The Kier molecular flexibility index (Phi) is 6.29. The van der Waals surface area contributed by atoms with Gasteiger partial charge in [0.1, 0.15) is 11.6 Å². The number of ether oxygens (including phenoxy) is 1. The van der Waals surface area contributed by atoms with Crippen LogP contribution in [0.4, 0.5) is 13.2 Å². The fourth-order valence-electron chi connectivity index (χ4n) is 2.15. The molecule has 0 radical (unpaired) electrons. The Bertz CT molecular complexity index is 502. The summed E-state index contributed by atoms with van der Waals surface area (Å²) >= 11 is 0. The molecule has 1 aliphatic rings. The molecular formula is C13H16ClF3N2O2. The molecule has 1 atom stereocenters. The third-order valence-electron chi connectivity index (χ3n) is 3.05. The van der Waals surface area contributed by atoms with Crippen LogP contribution >= 0.6 is 12.4 Å². The van der Waals surface area contributed by atoms with E-state index in [-0.39, 0.29) is 24.0 Å². The van der Waals surface area contributed by atoms with Crippen molar-refractivity contribution in [1.29, 1.82) is 0 Å². The molecule has 1 amide bonds. The first-order chi connectivity index (χ1) is 9.47. The van der Waals surface area contributed by atoms with Crippen LogP contribution in [-0.2, 0) is 0 Å². The quantitative estimate of drug-likeness (QED) is 0.927. The lowest BCUT2D eigenvalue weighted by Crippen LogP contribution is -2.51. The molecule has 1 aromatic rings. The number of nitrogens with one attached hydrogen (secondary N) is 1. The topological polar surface area (TPSA) is 41.6 Å². The number of piperazine rings is 1. The smallest absolute Gasteiger partial charge is 0.387 e. The predicted molar refractivity (Wildman–Crippen MR) is 73.6 cm³/mol. The Morgan fingerprint density at radius 3 is 2.81 bits per heavy atom. The van der Waals surface area contributed by atoms with Gasteiger partial charge in [-0.1, -0.05) is 0 Å². The maximum absolute atomic E-state index is 13.1. The maximum atomic E-state index is 13.1. The minimum atomic E-state index is -3.11. The van der Waals surface area contributed by atoms with Crippen molar-refractivity contribution in [3.63, 3.8) is 0 Å². The summed E-state index contributed by atoms with van der Waals surface area (Å²) in [5.41, 5.74) is -0.0548. The highest BCUT2D eigenvalue weighted by molar-refractivity contribution is 5.97. The van der Waals surface area contributed by atoms with Crippen LogP contribution in [0, 0.1) is 5.82 Å².